The Hall–Kier alpha value is -1.78. The van der Waals surface area contributed by atoms with Crippen molar-refractivity contribution >= 4 is 5.69 Å². The number of hydrazine groups is 1. The maximum atomic E-state index is 13.0. The van der Waals surface area contributed by atoms with Crippen LogP contribution in [0.25, 0.3) is 0 Å². The third-order valence-electron chi connectivity index (χ3n) is 1.82. The van der Waals surface area contributed by atoms with Crippen molar-refractivity contribution in [3.8, 4) is 0 Å². The maximum absolute atomic E-state index is 13.0. The lowest BCUT2D eigenvalue weighted by atomic mass is 10.3. The quantitative estimate of drug-likeness (QED) is 0.579. The molecule has 0 amide bonds. The number of benzene rings is 1. The number of hydrogen-bond acceptors (Lipinski definition) is 3. The van der Waals surface area contributed by atoms with Crippen molar-refractivity contribution in [3.05, 3.63) is 42.5 Å². The summed E-state index contributed by atoms with van der Waals surface area (Å²) >= 11 is 0. The molecule has 0 saturated carbocycles. The molecule has 0 radical (unpaired) electrons. The molecular weight excluding hydrogens is 188 g/mol. The molecule has 14 heavy (non-hydrogen) atoms. The fourth-order valence-electron chi connectivity index (χ4n) is 1.19. The summed E-state index contributed by atoms with van der Waals surface area (Å²) in [7, 11) is 0. The molecule has 2 rings (SSSR count). The van der Waals surface area contributed by atoms with E-state index in [1.165, 1.54) is 0 Å². The van der Waals surface area contributed by atoms with E-state index < -0.39 is 5.95 Å². The minimum Gasteiger partial charge on any atom is -0.295 e. The van der Waals surface area contributed by atoms with Gasteiger partial charge in [0.1, 0.15) is 6.67 Å². The first-order valence-electron chi connectivity index (χ1n) is 4.15. The van der Waals surface area contributed by atoms with Gasteiger partial charge in [0.15, 0.2) is 0 Å². The lowest BCUT2D eigenvalue weighted by Crippen LogP contribution is -2.28. The smallest absolute Gasteiger partial charge is 0.228 e. The summed E-state index contributed by atoms with van der Waals surface area (Å²) in [6, 6.07) is 9.02. The topological polar surface area (TPSA) is 18.5 Å². The summed E-state index contributed by atoms with van der Waals surface area (Å²) in [5.74, 6) is -0.642. The van der Waals surface area contributed by atoms with Crippen LogP contribution in [0.3, 0.4) is 0 Å². The van der Waals surface area contributed by atoms with Crippen molar-refractivity contribution in [3.63, 3.8) is 0 Å². The van der Waals surface area contributed by atoms with Gasteiger partial charge in [-0.25, -0.2) is 5.01 Å². The van der Waals surface area contributed by atoms with E-state index in [1.807, 2.05) is 18.2 Å². The summed E-state index contributed by atoms with van der Waals surface area (Å²) in [6.07, 6.45) is 0.788. The van der Waals surface area contributed by atoms with Crippen molar-refractivity contribution in [1.82, 2.24) is 10.1 Å². The van der Waals surface area contributed by atoms with Gasteiger partial charge in [0, 0.05) is 0 Å². The van der Waals surface area contributed by atoms with E-state index >= 15 is 0 Å². The Balaban J connectivity index is 2.03. The molecule has 0 bridgehead atoms. The number of halogens is 2. The normalized spacial score (nSPS) is 15.7. The molecule has 0 spiro atoms. The molecule has 0 aliphatic carbocycles. The molecule has 0 saturated heterocycles. The molecule has 3 nitrogen and oxygen atoms in total. The lowest BCUT2D eigenvalue weighted by Gasteiger charge is -2.19. The van der Waals surface area contributed by atoms with E-state index in [-0.39, 0.29) is 11.8 Å². The molecule has 5 heteroatoms. The summed E-state index contributed by atoms with van der Waals surface area (Å²) < 4.78 is 25.5. The van der Waals surface area contributed by atoms with Crippen LogP contribution in [0, 0.1) is 0 Å². The number of rotatable bonds is 2. The highest BCUT2D eigenvalue weighted by atomic mass is 19.2. The fraction of sp³-hybridized carbons (Fsp3) is 0.111. The SMILES string of the molecule is FC1=CN(F)CN1Nc1ccccc1. The van der Waals surface area contributed by atoms with Crippen LogP contribution in [0.5, 0.6) is 0 Å². The van der Waals surface area contributed by atoms with Crippen LogP contribution in [-0.4, -0.2) is 16.8 Å². The van der Waals surface area contributed by atoms with Gasteiger partial charge in [0.05, 0.1) is 11.9 Å². The first-order chi connectivity index (χ1) is 6.75. The van der Waals surface area contributed by atoms with E-state index in [2.05, 4.69) is 5.43 Å². The highest BCUT2D eigenvalue weighted by molar-refractivity contribution is 5.42. The second-order valence-corrected chi connectivity index (χ2v) is 2.90. The zero-order valence-corrected chi connectivity index (χ0v) is 7.32. The van der Waals surface area contributed by atoms with Crippen molar-refractivity contribution in [2.75, 3.05) is 12.1 Å². The Labute approximate surface area is 80.1 Å². The Morgan fingerprint density at radius 2 is 1.93 bits per heavy atom. The van der Waals surface area contributed by atoms with Crippen molar-refractivity contribution < 1.29 is 8.87 Å². The summed E-state index contributed by atoms with van der Waals surface area (Å²) in [6.45, 7) is -0.152. The predicted octanol–water partition coefficient (Wildman–Crippen LogP) is 2.24. The summed E-state index contributed by atoms with van der Waals surface area (Å²) in [5.41, 5.74) is 3.44. The van der Waals surface area contributed by atoms with E-state index in [0.717, 1.165) is 11.2 Å². The lowest BCUT2D eigenvalue weighted by molar-refractivity contribution is 0.0658. The molecule has 1 N–H and O–H groups in total. The summed E-state index contributed by atoms with van der Waals surface area (Å²) in [5, 5.41) is 1.35. The van der Waals surface area contributed by atoms with Gasteiger partial charge in [-0.15, -0.1) is 0 Å². The Morgan fingerprint density at radius 1 is 1.21 bits per heavy atom. The van der Waals surface area contributed by atoms with Gasteiger partial charge >= 0.3 is 0 Å². The monoisotopic (exact) mass is 197 g/mol. The van der Waals surface area contributed by atoms with E-state index in [9.17, 15) is 8.87 Å². The first-order valence-corrected chi connectivity index (χ1v) is 4.15. The van der Waals surface area contributed by atoms with E-state index in [0.29, 0.717) is 5.69 Å². The molecule has 0 aromatic heterocycles. The molecule has 1 aliphatic heterocycles. The number of nitrogens with one attached hydrogen (secondary N) is 1. The van der Waals surface area contributed by atoms with Crippen LogP contribution in [0.15, 0.2) is 42.5 Å². The molecule has 1 aromatic rings. The molecule has 0 unspecified atom stereocenters. The zero-order chi connectivity index (χ0) is 9.97. The average molecular weight is 197 g/mol. The highest BCUT2D eigenvalue weighted by Crippen LogP contribution is 2.18. The van der Waals surface area contributed by atoms with Gasteiger partial charge in [0.2, 0.25) is 5.95 Å². The van der Waals surface area contributed by atoms with E-state index in [1.54, 1.807) is 12.1 Å². The highest BCUT2D eigenvalue weighted by Gasteiger charge is 2.20. The van der Waals surface area contributed by atoms with Crippen LogP contribution in [-0.2, 0) is 0 Å². The summed E-state index contributed by atoms with van der Waals surface area (Å²) in [4.78, 5) is 0. The van der Waals surface area contributed by atoms with Gasteiger partial charge in [-0.05, 0) is 12.1 Å². The van der Waals surface area contributed by atoms with Crippen LogP contribution in [0.2, 0.25) is 0 Å². The molecule has 1 aromatic carbocycles. The molecule has 0 fully saturated rings. The van der Waals surface area contributed by atoms with Crippen LogP contribution < -0.4 is 5.43 Å². The predicted molar refractivity (Wildman–Crippen MR) is 48.9 cm³/mol. The molecule has 1 aliphatic rings. The molecule has 74 valence electrons. The van der Waals surface area contributed by atoms with Crippen LogP contribution in [0.1, 0.15) is 0 Å². The van der Waals surface area contributed by atoms with Gasteiger partial charge < -0.3 is 0 Å². The Morgan fingerprint density at radius 3 is 2.50 bits per heavy atom. The molecular formula is C9H9F2N3. The third kappa shape index (κ3) is 1.76. The van der Waals surface area contributed by atoms with Crippen LogP contribution >= 0.6 is 0 Å². The molecule has 1 heterocycles. The number of nitrogens with zero attached hydrogens (tertiary/aromatic N) is 2. The van der Waals surface area contributed by atoms with Gasteiger partial charge in [-0.1, -0.05) is 22.7 Å². The standard InChI is InChI=1S/C9H9F2N3/c10-9-6-13(11)7-14(9)12-8-4-2-1-3-5-8/h1-6,12H,7H2. The average Bonchev–Trinajstić information content (AvgIpc) is 2.47. The maximum Gasteiger partial charge on any atom is 0.228 e. The molecule has 0 atom stereocenters. The van der Waals surface area contributed by atoms with Crippen molar-refractivity contribution in [2.45, 2.75) is 0 Å². The number of para-hydroxylation sites is 1. The van der Waals surface area contributed by atoms with Crippen molar-refractivity contribution in [2.24, 2.45) is 0 Å². The zero-order valence-electron chi connectivity index (χ0n) is 7.32. The fourth-order valence-corrected chi connectivity index (χ4v) is 1.19. The van der Waals surface area contributed by atoms with Gasteiger partial charge in [-0.3, -0.25) is 5.43 Å². The van der Waals surface area contributed by atoms with Gasteiger partial charge in [-0.2, -0.15) is 9.51 Å². The minimum atomic E-state index is -0.642. The number of anilines is 1. The van der Waals surface area contributed by atoms with Crippen molar-refractivity contribution in [1.29, 1.82) is 0 Å². The largest absolute Gasteiger partial charge is 0.295 e. The van der Waals surface area contributed by atoms with E-state index in [4.69, 9.17) is 0 Å². The second-order valence-electron chi connectivity index (χ2n) is 2.90. The second kappa shape index (κ2) is 3.53. The third-order valence-corrected chi connectivity index (χ3v) is 1.82. The Kier molecular flexibility index (Phi) is 2.22. The first kappa shape index (κ1) is 8.80. The Bertz CT molecular complexity index is 339. The van der Waals surface area contributed by atoms with Crippen LogP contribution in [0.4, 0.5) is 14.6 Å². The van der Waals surface area contributed by atoms with Gasteiger partial charge in [0.25, 0.3) is 0 Å². The minimum absolute atomic E-state index is 0.152. The number of hydrogen-bond donors (Lipinski definition) is 1.